The highest BCUT2D eigenvalue weighted by atomic mass is 35.5. The van der Waals surface area contributed by atoms with Crippen molar-refractivity contribution in [1.29, 1.82) is 0 Å². The van der Waals surface area contributed by atoms with Crippen molar-refractivity contribution in [3.8, 4) is 11.4 Å². The van der Waals surface area contributed by atoms with Gasteiger partial charge in [0.1, 0.15) is 5.69 Å². The van der Waals surface area contributed by atoms with Crippen molar-refractivity contribution in [3.05, 3.63) is 77.3 Å². The Morgan fingerprint density at radius 1 is 1.10 bits per heavy atom. The van der Waals surface area contributed by atoms with E-state index in [2.05, 4.69) is 50.8 Å². The highest BCUT2D eigenvalue weighted by Crippen LogP contribution is 2.31. The third kappa shape index (κ3) is 4.46. The van der Waals surface area contributed by atoms with Gasteiger partial charge in [-0.2, -0.15) is 10.2 Å². The van der Waals surface area contributed by atoms with E-state index < -0.39 is 0 Å². The van der Waals surface area contributed by atoms with Gasteiger partial charge >= 0.3 is 0 Å². The fourth-order valence-corrected chi connectivity index (χ4v) is 4.00. The lowest BCUT2D eigenvalue weighted by atomic mass is 9.84. The minimum atomic E-state index is -0.128. The Balaban J connectivity index is 1.57. The van der Waals surface area contributed by atoms with E-state index in [0.29, 0.717) is 0 Å². The Bertz CT molecular complexity index is 1060. The van der Waals surface area contributed by atoms with Crippen molar-refractivity contribution in [2.24, 2.45) is 10.2 Å². The van der Waals surface area contributed by atoms with Gasteiger partial charge in [0.2, 0.25) is 0 Å². The summed E-state index contributed by atoms with van der Waals surface area (Å²) in [4.78, 5) is 9.10. The molecule has 0 saturated heterocycles. The summed E-state index contributed by atoms with van der Waals surface area (Å²) < 4.78 is 2.09. The third-order valence-corrected chi connectivity index (χ3v) is 5.44. The number of hydrogen-bond donors (Lipinski definition) is 0. The highest BCUT2D eigenvalue weighted by molar-refractivity contribution is 6.31. The Labute approximate surface area is 176 Å². The minimum absolute atomic E-state index is 0.128. The number of halogens is 1. The molecule has 6 heteroatoms. The SMILES string of the molecule is CC(C)(Cn1cnc(-c2cc(C3=CCCCN=N3)ccn2)c1)c1ccccc1Cl. The molecule has 2 aromatic heterocycles. The molecule has 29 heavy (non-hydrogen) atoms. The van der Waals surface area contributed by atoms with Gasteiger partial charge in [-0.3, -0.25) is 4.98 Å². The summed E-state index contributed by atoms with van der Waals surface area (Å²) >= 11 is 6.42. The Kier molecular flexibility index (Phi) is 5.58. The molecule has 0 unspecified atom stereocenters. The first kappa shape index (κ1) is 19.5. The molecule has 148 valence electrons. The molecule has 0 aliphatic carbocycles. The molecule has 4 rings (SSSR count). The molecule has 3 heterocycles. The monoisotopic (exact) mass is 405 g/mol. The lowest BCUT2D eigenvalue weighted by Crippen LogP contribution is -2.24. The summed E-state index contributed by atoms with van der Waals surface area (Å²) in [5.74, 6) is 0. The molecule has 5 nitrogen and oxygen atoms in total. The van der Waals surface area contributed by atoms with Crippen molar-refractivity contribution in [3.63, 3.8) is 0 Å². The van der Waals surface area contributed by atoms with Crippen LogP contribution in [0.2, 0.25) is 5.02 Å². The summed E-state index contributed by atoms with van der Waals surface area (Å²) in [6.07, 6.45) is 9.86. The largest absolute Gasteiger partial charge is 0.336 e. The summed E-state index contributed by atoms with van der Waals surface area (Å²) in [6.45, 7) is 5.93. The van der Waals surface area contributed by atoms with Crippen LogP contribution in [0.1, 0.15) is 37.8 Å². The molecule has 0 atom stereocenters. The second kappa shape index (κ2) is 8.29. The van der Waals surface area contributed by atoms with Crippen LogP contribution in [0.15, 0.2) is 71.4 Å². The minimum Gasteiger partial charge on any atom is -0.336 e. The van der Waals surface area contributed by atoms with E-state index in [4.69, 9.17) is 11.6 Å². The van der Waals surface area contributed by atoms with Gasteiger partial charge in [0.25, 0.3) is 0 Å². The predicted molar refractivity (Wildman–Crippen MR) is 117 cm³/mol. The first-order chi connectivity index (χ1) is 14.0. The second-order valence-corrected chi connectivity index (χ2v) is 8.33. The molecule has 1 aliphatic rings. The first-order valence-corrected chi connectivity index (χ1v) is 10.2. The van der Waals surface area contributed by atoms with Crippen molar-refractivity contribution in [1.82, 2.24) is 14.5 Å². The van der Waals surface area contributed by atoms with Crippen molar-refractivity contribution < 1.29 is 0 Å². The molecule has 0 bridgehead atoms. The number of rotatable bonds is 5. The quantitative estimate of drug-likeness (QED) is 0.510. The molecular weight excluding hydrogens is 382 g/mol. The topological polar surface area (TPSA) is 55.4 Å². The zero-order chi connectivity index (χ0) is 20.3. The average molecular weight is 406 g/mol. The molecule has 3 aromatic rings. The molecule has 0 radical (unpaired) electrons. The first-order valence-electron chi connectivity index (χ1n) is 9.84. The molecule has 0 N–H and O–H groups in total. The number of aromatic nitrogens is 3. The Morgan fingerprint density at radius 3 is 2.83 bits per heavy atom. The van der Waals surface area contributed by atoms with Crippen LogP contribution in [-0.2, 0) is 12.0 Å². The number of nitrogens with zero attached hydrogens (tertiary/aromatic N) is 5. The maximum atomic E-state index is 6.42. The number of pyridine rings is 1. The van der Waals surface area contributed by atoms with Crippen molar-refractivity contribution >= 4 is 17.3 Å². The van der Waals surface area contributed by atoms with Crippen LogP contribution in [0.3, 0.4) is 0 Å². The fraction of sp³-hybridized carbons (Fsp3) is 0.304. The molecule has 0 amide bonds. The van der Waals surface area contributed by atoms with Crippen LogP contribution in [0.5, 0.6) is 0 Å². The number of imidazole rings is 1. The van der Waals surface area contributed by atoms with E-state index in [0.717, 1.165) is 59.2 Å². The smallest absolute Gasteiger partial charge is 0.107 e. The van der Waals surface area contributed by atoms with Gasteiger partial charge in [-0.1, -0.05) is 49.7 Å². The second-order valence-electron chi connectivity index (χ2n) is 7.92. The zero-order valence-corrected chi connectivity index (χ0v) is 17.5. The molecule has 0 saturated carbocycles. The van der Waals surface area contributed by atoms with Gasteiger partial charge in [-0.15, -0.1) is 0 Å². The molecule has 0 fully saturated rings. The van der Waals surface area contributed by atoms with Gasteiger partial charge in [0.15, 0.2) is 0 Å². The molecule has 0 spiro atoms. The van der Waals surface area contributed by atoms with E-state index in [1.165, 1.54) is 0 Å². The number of allylic oxidation sites excluding steroid dienone is 1. The summed E-state index contributed by atoms with van der Waals surface area (Å²) in [5, 5.41) is 9.35. The van der Waals surface area contributed by atoms with Gasteiger partial charge in [0, 0.05) is 34.9 Å². The van der Waals surface area contributed by atoms with Gasteiger partial charge in [-0.05, 0) is 36.6 Å². The number of hydrogen-bond acceptors (Lipinski definition) is 4. The van der Waals surface area contributed by atoms with Crippen molar-refractivity contribution in [2.75, 3.05) is 6.54 Å². The van der Waals surface area contributed by atoms with Crippen LogP contribution in [0.25, 0.3) is 17.1 Å². The van der Waals surface area contributed by atoms with E-state index in [1.807, 2.05) is 42.9 Å². The van der Waals surface area contributed by atoms with Gasteiger partial charge in [-0.25, -0.2) is 4.98 Å². The Hall–Kier alpha value is -2.79. The van der Waals surface area contributed by atoms with Crippen LogP contribution in [0.4, 0.5) is 0 Å². The lowest BCUT2D eigenvalue weighted by Gasteiger charge is -2.26. The third-order valence-electron chi connectivity index (χ3n) is 5.11. The molecule has 1 aliphatic heterocycles. The highest BCUT2D eigenvalue weighted by Gasteiger charge is 2.24. The molecule has 1 aromatic carbocycles. The van der Waals surface area contributed by atoms with E-state index >= 15 is 0 Å². The van der Waals surface area contributed by atoms with Crippen LogP contribution in [-0.4, -0.2) is 21.1 Å². The Morgan fingerprint density at radius 2 is 1.97 bits per heavy atom. The summed E-state index contributed by atoms with van der Waals surface area (Å²) in [7, 11) is 0. The average Bonchev–Trinajstić information content (AvgIpc) is 2.99. The standard InChI is InChI=1S/C23H24ClN5/c1-23(2,18-7-3-4-8-19(18)24)15-29-14-22(26-16-29)21-13-17(10-12-25-21)20-9-5-6-11-27-28-20/h3-4,7-10,12-14,16H,5-6,11,15H2,1-2H3. The predicted octanol–water partition coefficient (Wildman–Crippen LogP) is 6.16. The van der Waals surface area contributed by atoms with Gasteiger partial charge < -0.3 is 4.57 Å². The van der Waals surface area contributed by atoms with Crippen LogP contribution in [0, 0.1) is 0 Å². The van der Waals surface area contributed by atoms with Crippen molar-refractivity contribution in [2.45, 2.75) is 38.6 Å². The van der Waals surface area contributed by atoms with E-state index in [1.54, 1.807) is 6.20 Å². The number of azo groups is 1. The maximum absolute atomic E-state index is 6.42. The van der Waals surface area contributed by atoms with E-state index in [-0.39, 0.29) is 5.41 Å². The van der Waals surface area contributed by atoms with Crippen LogP contribution < -0.4 is 0 Å². The maximum Gasteiger partial charge on any atom is 0.107 e. The molecular formula is C23H24ClN5. The normalized spacial score (nSPS) is 14.5. The zero-order valence-electron chi connectivity index (χ0n) is 16.7. The summed E-state index contributed by atoms with van der Waals surface area (Å²) in [6, 6.07) is 12.0. The fourth-order valence-electron chi connectivity index (χ4n) is 3.60. The van der Waals surface area contributed by atoms with Crippen LogP contribution >= 0.6 is 11.6 Å². The van der Waals surface area contributed by atoms with E-state index in [9.17, 15) is 0 Å². The number of benzene rings is 1. The summed E-state index contributed by atoms with van der Waals surface area (Å²) in [5.41, 5.74) is 4.60. The lowest BCUT2D eigenvalue weighted by molar-refractivity contribution is 0.435. The van der Waals surface area contributed by atoms with Gasteiger partial charge in [0.05, 0.1) is 24.3 Å².